The van der Waals surface area contributed by atoms with Gasteiger partial charge in [0.2, 0.25) is 11.8 Å². The largest absolute Gasteiger partial charge is 0.361 e. The van der Waals surface area contributed by atoms with Crippen molar-refractivity contribution in [2.75, 3.05) is 11.9 Å². The van der Waals surface area contributed by atoms with E-state index >= 15 is 0 Å². The molecule has 0 radical (unpaired) electrons. The molecule has 4 aromatic rings. The number of fused-ring (bicyclic) bond motifs is 1. The van der Waals surface area contributed by atoms with Crippen molar-refractivity contribution in [3.05, 3.63) is 101 Å². The van der Waals surface area contributed by atoms with Crippen molar-refractivity contribution in [3.63, 3.8) is 0 Å². The lowest BCUT2D eigenvalue weighted by atomic mass is 9.90. The minimum Gasteiger partial charge on any atom is -0.361 e. The van der Waals surface area contributed by atoms with Crippen LogP contribution in [0, 0.1) is 0 Å². The van der Waals surface area contributed by atoms with Crippen LogP contribution in [0.5, 0.6) is 0 Å². The molecule has 3 aromatic carbocycles. The second kappa shape index (κ2) is 9.71. The first kappa shape index (κ1) is 21.7. The summed E-state index contributed by atoms with van der Waals surface area (Å²) in [5.41, 5.74) is 4.69. The van der Waals surface area contributed by atoms with E-state index in [0.29, 0.717) is 17.3 Å². The number of hydrogen-bond donors (Lipinski definition) is 3. The molecule has 162 valence electrons. The molecule has 0 aliphatic heterocycles. The van der Waals surface area contributed by atoms with Crippen molar-refractivity contribution >= 4 is 40.0 Å². The Morgan fingerprint density at radius 3 is 2.41 bits per heavy atom. The molecule has 0 bridgehead atoms. The first-order chi connectivity index (χ1) is 15.5. The molecule has 6 heteroatoms. The Hall–Kier alpha value is -3.57. The van der Waals surface area contributed by atoms with Crippen LogP contribution < -0.4 is 10.6 Å². The predicted octanol–water partition coefficient (Wildman–Crippen LogP) is 5.27. The molecule has 1 heterocycles. The SMILES string of the molecule is CC(=O)Nc1ccc(CC(=O)NCC(c2ccccc2Cl)c2c[nH]c3ccccc23)cc1. The van der Waals surface area contributed by atoms with Crippen molar-refractivity contribution in [1.82, 2.24) is 10.3 Å². The minimum absolute atomic E-state index is 0.0748. The molecule has 0 fully saturated rings. The van der Waals surface area contributed by atoms with Gasteiger partial charge in [-0.15, -0.1) is 0 Å². The first-order valence-corrected chi connectivity index (χ1v) is 10.8. The highest BCUT2D eigenvalue weighted by atomic mass is 35.5. The highest BCUT2D eigenvalue weighted by Gasteiger charge is 2.21. The quantitative estimate of drug-likeness (QED) is 0.362. The van der Waals surface area contributed by atoms with Gasteiger partial charge < -0.3 is 15.6 Å². The van der Waals surface area contributed by atoms with Crippen LogP contribution in [0.15, 0.2) is 79.0 Å². The maximum absolute atomic E-state index is 12.7. The van der Waals surface area contributed by atoms with Crippen LogP contribution in [0.4, 0.5) is 5.69 Å². The summed E-state index contributed by atoms with van der Waals surface area (Å²) >= 11 is 6.53. The van der Waals surface area contributed by atoms with Gasteiger partial charge in [-0.2, -0.15) is 0 Å². The molecule has 0 saturated carbocycles. The lowest BCUT2D eigenvalue weighted by Crippen LogP contribution is -2.30. The zero-order valence-corrected chi connectivity index (χ0v) is 18.4. The van der Waals surface area contributed by atoms with Crippen molar-refractivity contribution in [2.24, 2.45) is 0 Å². The minimum atomic E-state index is -0.126. The van der Waals surface area contributed by atoms with Crippen LogP contribution >= 0.6 is 11.6 Å². The highest BCUT2D eigenvalue weighted by Crippen LogP contribution is 2.34. The van der Waals surface area contributed by atoms with Crippen molar-refractivity contribution in [1.29, 1.82) is 0 Å². The molecule has 1 atom stereocenters. The fraction of sp³-hybridized carbons (Fsp3) is 0.154. The van der Waals surface area contributed by atoms with E-state index in [2.05, 4.69) is 21.7 Å². The van der Waals surface area contributed by atoms with Gasteiger partial charge >= 0.3 is 0 Å². The van der Waals surface area contributed by atoms with E-state index in [0.717, 1.165) is 27.6 Å². The van der Waals surface area contributed by atoms with Gasteiger partial charge in [-0.25, -0.2) is 0 Å². The molecule has 2 amide bonds. The van der Waals surface area contributed by atoms with Gasteiger partial charge in [-0.1, -0.05) is 60.1 Å². The maximum Gasteiger partial charge on any atom is 0.224 e. The first-order valence-electron chi connectivity index (χ1n) is 10.4. The number of amides is 2. The summed E-state index contributed by atoms with van der Waals surface area (Å²) in [6, 6.07) is 23.1. The summed E-state index contributed by atoms with van der Waals surface area (Å²) in [7, 11) is 0. The van der Waals surface area contributed by atoms with Crippen LogP contribution in [-0.2, 0) is 16.0 Å². The van der Waals surface area contributed by atoms with Gasteiger partial charge in [0.25, 0.3) is 0 Å². The van der Waals surface area contributed by atoms with E-state index in [1.54, 1.807) is 12.1 Å². The number of para-hydroxylation sites is 1. The number of H-pyrrole nitrogens is 1. The number of aromatic nitrogens is 1. The number of rotatable bonds is 7. The number of benzene rings is 3. The third-order valence-corrected chi connectivity index (χ3v) is 5.76. The van der Waals surface area contributed by atoms with Crippen molar-refractivity contribution in [3.8, 4) is 0 Å². The van der Waals surface area contributed by atoms with Crippen molar-refractivity contribution in [2.45, 2.75) is 19.3 Å². The number of aromatic amines is 1. The third kappa shape index (κ3) is 5.01. The molecule has 4 rings (SSSR count). The Bertz CT molecular complexity index is 1250. The zero-order chi connectivity index (χ0) is 22.5. The van der Waals surface area contributed by atoms with Gasteiger partial charge in [-0.05, 0) is 41.0 Å². The Morgan fingerprint density at radius 2 is 1.66 bits per heavy atom. The summed E-state index contributed by atoms with van der Waals surface area (Å²) in [6.45, 7) is 1.89. The van der Waals surface area contributed by atoms with Gasteiger partial charge in [0.15, 0.2) is 0 Å². The summed E-state index contributed by atoms with van der Waals surface area (Å²) in [5.74, 6) is -0.293. The van der Waals surface area contributed by atoms with E-state index in [9.17, 15) is 9.59 Å². The second-order valence-electron chi connectivity index (χ2n) is 7.72. The summed E-state index contributed by atoms with van der Waals surface area (Å²) in [4.78, 5) is 27.2. The number of halogens is 1. The van der Waals surface area contributed by atoms with Crippen LogP contribution in [-0.4, -0.2) is 23.3 Å². The maximum atomic E-state index is 12.7. The van der Waals surface area contributed by atoms with E-state index in [4.69, 9.17) is 11.6 Å². The number of carbonyl (C=O) groups excluding carboxylic acids is 2. The Kier molecular flexibility index (Phi) is 6.57. The average molecular weight is 446 g/mol. The smallest absolute Gasteiger partial charge is 0.224 e. The molecule has 32 heavy (non-hydrogen) atoms. The second-order valence-corrected chi connectivity index (χ2v) is 8.13. The Balaban J connectivity index is 1.51. The Labute approximate surface area is 191 Å². The molecule has 1 aromatic heterocycles. The van der Waals surface area contributed by atoms with Gasteiger partial charge in [0, 0.05) is 47.2 Å². The van der Waals surface area contributed by atoms with E-state index < -0.39 is 0 Å². The number of anilines is 1. The Morgan fingerprint density at radius 1 is 0.938 bits per heavy atom. The van der Waals surface area contributed by atoms with Crippen LogP contribution in [0.1, 0.15) is 29.5 Å². The van der Waals surface area contributed by atoms with Gasteiger partial charge in [0.05, 0.1) is 6.42 Å². The molecular formula is C26H24ClN3O2. The van der Waals surface area contributed by atoms with Gasteiger partial charge in [-0.3, -0.25) is 9.59 Å². The molecule has 0 saturated heterocycles. The number of hydrogen-bond acceptors (Lipinski definition) is 2. The monoisotopic (exact) mass is 445 g/mol. The summed E-state index contributed by atoms with van der Waals surface area (Å²) in [6.07, 6.45) is 2.25. The lowest BCUT2D eigenvalue weighted by Gasteiger charge is -2.19. The molecule has 0 spiro atoms. The number of nitrogens with one attached hydrogen (secondary N) is 3. The average Bonchev–Trinajstić information content (AvgIpc) is 3.20. The molecule has 5 nitrogen and oxygen atoms in total. The fourth-order valence-corrected chi connectivity index (χ4v) is 4.17. The van der Waals surface area contributed by atoms with E-state index in [-0.39, 0.29) is 24.2 Å². The molecular weight excluding hydrogens is 422 g/mol. The zero-order valence-electron chi connectivity index (χ0n) is 17.7. The molecule has 0 aliphatic rings. The third-order valence-electron chi connectivity index (χ3n) is 5.42. The van der Waals surface area contributed by atoms with Crippen LogP contribution in [0.25, 0.3) is 10.9 Å². The fourth-order valence-electron chi connectivity index (χ4n) is 3.90. The highest BCUT2D eigenvalue weighted by molar-refractivity contribution is 6.31. The summed E-state index contributed by atoms with van der Waals surface area (Å²) in [5, 5.41) is 7.58. The standard InChI is InChI=1S/C26H24ClN3O2/c1-17(31)30-19-12-10-18(11-13-19)14-26(32)29-16-22(20-6-2-4-8-24(20)27)23-15-28-25-9-5-3-7-21(23)25/h2-13,15,22,28H,14,16H2,1H3,(H,29,32)(H,30,31). The molecule has 0 aliphatic carbocycles. The molecule has 3 N–H and O–H groups in total. The van der Waals surface area contributed by atoms with Crippen LogP contribution in [0.3, 0.4) is 0 Å². The topological polar surface area (TPSA) is 74.0 Å². The lowest BCUT2D eigenvalue weighted by molar-refractivity contribution is -0.120. The van der Waals surface area contributed by atoms with E-state index in [1.807, 2.05) is 60.8 Å². The van der Waals surface area contributed by atoms with Crippen molar-refractivity contribution < 1.29 is 9.59 Å². The normalized spacial score (nSPS) is 11.8. The van der Waals surface area contributed by atoms with Crippen LogP contribution in [0.2, 0.25) is 5.02 Å². The molecule has 1 unspecified atom stereocenters. The van der Waals surface area contributed by atoms with E-state index in [1.165, 1.54) is 6.92 Å². The number of carbonyl (C=O) groups is 2. The summed E-state index contributed by atoms with van der Waals surface area (Å²) < 4.78 is 0. The predicted molar refractivity (Wildman–Crippen MR) is 129 cm³/mol. The van der Waals surface area contributed by atoms with Gasteiger partial charge in [0.1, 0.15) is 0 Å².